The third kappa shape index (κ3) is 2.47. The van der Waals surface area contributed by atoms with E-state index in [4.69, 9.17) is 19.9 Å². The van der Waals surface area contributed by atoms with E-state index >= 15 is 0 Å². The standard InChI is InChI=1S/C15H16FNO3/c1-18-10-7-13(19-2)15(14(8-10)20-3)11-6-9(16)4-5-12(11)17/h4-8H,17H2,1-3H3. The van der Waals surface area contributed by atoms with Gasteiger partial charge < -0.3 is 19.9 Å². The van der Waals surface area contributed by atoms with Gasteiger partial charge in [-0.15, -0.1) is 0 Å². The molecule has 5 heteroatoms. The first kappa shape index (κ1) is 14.0. The van der Waals surface area contributed by atoms with Gasteiger partial charge in [-0.3, -0.25) is 0 Å². The Bertz CT molecular complexity index is 604. The molecule has 0 saturated carbocycles. The second-order valence-electron chi connectivity index (χ2n) is 4.14. The molecule has 0 amide bonds. The average Bonchev–Trinajstić information content (AvgIpc) is 2.48. The van der Waals surface area contributed by atoms with Gasteiger partial charge >= 0.3 is 0 Å². The Balaban J connectivity index is 2.74. The summed E-state index contributed by atoms with van der Waals surface area (Å²) in [4.78, 5) is 0. The SMILES string of the molecule is COc1cc(OC)c(-c2cc(F)ccc2N)c(OC)c1. The van der Waals surface area contributed by atoms with Crippen LogP contribution in [0.25, 0.3) is 11.1 Å². The molecule has 0 bridgehead atoms. The second kappa shape index (κ2) is 5.69. The summed E-state index contributed by atoms with van der Waals surface area (Å²) in [5, 5.41) is 0. The molecule has 0 unspecified atom stereocenters. The number of rotatable bonds is 4. The predicted octanol–water partition coefficient (Wildman–Crippen LogP) is 3.10. The highest BCUT2D eigenvalue weighted by Crippen LogP contribution is 2.43. The first-order valence-corrected chi connectivity index (χ1v) is 5.96. The van der Waals surface area contributed by atoms with Gasteiger partial charge in [-0.25, -0.2) is 4.39 Å². The summed E-state index contributed by atoms with van der Waals surface area (Å²) >= 11 is 0. The number of hydrogen-bond acceptors (Lipinski definition) is 4. The zero-order chi connectivity index (χ0) is 14.7. The summed E-state index contributed by atoms with van der Waals surface area (Å²) in [7, 11) is 4.59. The molecular formula is C15H16FNO3. The fourth-order valence-electron chi connectivity index (χ4n) is 2.02. The summed E-state index contributed by atoms with van der Waals surface area (Å²) in [6.07, 6.45) is 0. The summed E-state index contributed by atoms with van der Waals surface area (Å²) in [6.45, 7) is 0. The van der Waals surface area contributed by atoms with Crippen molar-refractivity contribution < 1.29 is 18.6 Å². The van der Waals surface area contributed by atoms with E-state index in [9.17, 15) is 4.39 Å². The van der Waals surface area contributed by atoms with Crippen molar-refractivity contribution in [3.05, 3.63) is 36.1 Å². The Kier molecular flexibility index (Phi) is 3.98. The molecule has 0 aliphatic carbocycles. The lowest BCUT2D eigenvalue weighted by Gasteiger charge is -2.16. The van der Waals surface area contributed by atoms with E-state index in [2.05, 4.69) is 0 Å². The maximum Gasteiger partial charge on any atom is 0.134 e. The molecule has 2 rings (SSSR count). The van der Waals surface area contributed by atoms with E-state index in [0.29, 0.717) is 34.1 Å². The predicted molar refractivity (Wildman–Crippen MR) is 75.9 cm³/mol. The molecule has 0 heterocycles. The van der Waals surface area contributed by atoms with Crippen LogP contribution < -0.4 is 19.9 Å². The Morgan fingerprint density at radius 2 is 1.50 bits per heavy atom. The molecule has 0 radical (unpaired) electrons. The van der Waals surface area contributed by atoms with Gasteiger partial charge in [-0.2, -0.15) is 0 Å². The van der Waals surface area contributed by atoms with Crippen LogP contribution >= 0.6 is 0 Å². The molecule has 20 heavy (non-hydrogen) atoms. The van der Waals surface area contributed by atoms with Gasteiger partial charge in [0.25, 0.3) is 0 Å². The topological polar surface area (TPSA) is 53.7 Å². The van der Waals surface area contributed by atoms with Crippen LogP contribution in [0.5, 0.6) is 17.2 Å². The van der Waals surface area contributed by atoms with E-state index in [1.807, 2.05) is 0 Å². The number of nitrogen functional groups attached to an aromatic ring is 1. The number of methoxy groups -OCH3 is 3. The van der Waals surface area contributed by atoms with Crippen molar-refractivity contribution in [3.8, 4) is 28.4 Å². The number of hydrogen-bond donors (Lipinski definition) is 1. The fraction of sp³-hybridized carbons (Fsp3) is 0.200. The lowest BCUT2D eigenvalue weighted by molar-refractivity contribution is 0.377. The minimum absolute atomic E-state index is 0.380. The van der Waals surface area contributed by atoms with Crippen LogP contribution in [0.1, 0.15) is 0 Å². The van der Waals surface area contributed by atoms with Crippen LogP contribution in [-0.4, -0.2) is 21.3 Å². The van der Waals surface area contributed by atoms with Crippen LogP contribution in [0.2, 0.25) is 0 Å². The van der Waals surface area contributed by atoms with Crippen LogP contribution in [0.15, 0.2) is 30.3 Å². The Hall–Kier alpha value is -2.43. The van der Waals surface area contributed by atoms with E-state index in [1.165, 1.54) is 32.4 Å². The van der Waals surface area contributed by atoms with Crippen molar-refractivity contribution >= 4 is 5.69 Å². The first-order chi connectivity index (χ1) is 9.60. The van der Waals surface area contributed by atoms with Crippen molar-refractivity contribution in [2.24, 2.45) is 0 Å². The van der Waals surface area contributed by atoms with E-state index in [0.717, 1.165) is 0 Å². The number of halogens is 1. The zero-order valence-corrected chi connectivity index (χ0v) is 11.6. The van der Waals surface area contributed by atoms with Crippen molar-refractivity contribution in [2.45, 2.75) is 0 Å². The largest absolute Gasteiger partial charge is 0.496 e. The van der Waals surface area contributed by atoms with Crippen molar-refractivity contribution in [1.82, 2.24) is 0 Å². The van der Waals surface area contributed by atoms with Crippen molar-refractivity contribution in [1.29, 1.82) is 0 Å². The van der Waals surface area contributed by atoms with Crippen LogP contribution in [-0.2, 0) is 0 Å². The Labute approximate surface area is 116 Å². The van der Waals surface area contributed by atoms with Crippen molar-refractivity contribution in [2.75, 3.05) is 27.1 Å². The van der Waals surface area contributed by atoms with E-state index in [1.54, 1.807) is 19.2 Å². The van der Waals surface area contributed by atoms with Gasteiger partial charge in [0.05, 0.1) is 26.9 Å². The smallest absolute Gasteiger partial charge is 0.134 e. The highest BCUT2D eigenvalue weighted by molar-refractivity contribution is 5.85. The molecule has 4 nitrogen and oxygen atoms in total. The Morgan fingerprint density at radius 1 is 0.900 bits per heavy atom. The highest BCUT2D eigenvalue weighted by atomic mass is 19.1. The lowest BCUT2D eigenvalue weighted by Crippen LogP contribution is -1.98. The molecule has 0 aromatic heterocycles. The van der Waals surface area contributed by atoms with Gasteiger partial charge in [-0.05, 0) is 18.2 Å². The third-order valence-corrected chi connectivity index (χ3v) is 3.00. The summed E-state index contributed by atoms with van der Waals surface area (Å²) in [5.74, 6) is 1.20. The van der Waals surface area contributed by atoms with Gasteiger partial charge in [0.2, 0.25) is 0 Å². The van der Waals surface area contributed by atoms with E-state index < -0.39 is 0 Å². The minimum atomic E-state index is -0.380. The molecule has 2 N–H and O–H groups in total. The molecule has 2 aromatic rings. The highest BCUT2D eigenvalue weighted by Gasteiger charge is 2.17. The van der Waals surface area contributed by atoms with Gasteiger partial charge in [0.1, 0.15) is 23.1 Å². The molecule has 106 valence electrons. The molecule has 0 fully saturated rings. The maximum atomic E-state index is 13.5. The number of nitrogens with two attached hydrogens (primary N) is 1. The van der Waals surface area contributed by atoms with Crippen LogP contribution in [0.3, 0.4) is 0 Å². The molecule has 2 aromatic carbocycles. The lowest BCUT2D eigenvalue weighted by atomic mass is 10.0. The average molecular weight is 277 g/mol. The molecule has 0 spiro atoms. The van der Waals surface area contributed by atoms with Crippen LogP contribution in [0.4, 0.5) is 10.1 Å². The molecule has 0 aliphatic rings. The summed E-state index contributed by atoms with van der Waals surface area (Å²) < 4.78 is 29.3. The van der Waals surface area contributed by atoms with E-state index in [-0.39, 0.29) is 5.82 Å². The van der Waals surface area contributed by atoms with Gasteiger partial charge in [0.15, 0.2) is 0 Å². The summed E-state index contributed by atoms with van der Waals surface area (Å²) in [5.41, 5.74) is 7.47. The van der Waals surface area contributed by atoms with Gasteiger partial charge in [-0.1, -0.05) is 0 Å². The minimum Gasteiger partial charge on any atom is -0.496 e. The molecule has 0 aliphatic heterocycles. The molecule has 0 saturated heterocycles. The molecular weight excluding hydrogens is 261 g/mol. The quantitative estimate of drug-likeness (QED) is 0.872. The monoisotopic (exact) mass is 277 g/mol. The van der Waals surface area contributed by atoms with Gasteiger partial charge in [0, 0.05) is 23.4 Å². The zero-order valence-electron chi connectivity index (χ0n) is 11.6. The third-order valence-electron chi connectivity index (χ3n) is 3.00. The molecule has 0 atom stereocenters. The number of benzene rings is 2. The fourth-order valence-corrected chi connectivity index (χ4v) is 2.02. The van der Waals surface area contributed by atoms with Crippen LogP contribution in [0, 0.1) is 5.82 Å². The van der Waals surface area contributed by atoms with Crippen molar-refractivity contribution in [3.63, 3.8) is 0 Å². The maximum absolute atomic E-state index is 13.5. The first-order valence-electron chi connectivity index (χ1n) is 5.96. The number of ether oxygens (including phenoxy) is 3. The number of anilines is 1. The summed E-state index contributed by atoms with van der Waals surface area (Å²) in [6, 6.07) is 7.56. The second-order valence-corrected chi connectivity index (χ2v) is 4.14. The normalized spacial score (nSPS) is 10.2. The Morgan fingerprint density at radius 3 is 2.00 bits per heavy atom.